The summed E-state index contributed by atoms with van der Waals surface area (Å²) in [6, 6.07) is 10.1. The molecule has 0 radical (unpaired) electrons. The molecule has 0 aromatic heterocycles. The molecule has 2 atom stereocenters. The van der Waals surface area contributed by atoms with Gasteiger partial charge < -0.3 is 15.0 Å². The van der Waals surface area contributed by atoms with Gasteiger partial charge in [0.25, 0.3) is 0 Å². The monoisotopic (exact) mass is 603 g/mol. The number of carbonyl (C=O) groups excluding carboxylic acids is 3. The summed E-state index contributed by atoms with van der Waals surface area (Å²) in [5, 5.41) is 4.13. The lowest BCUT2D eigenvalue weighted by Gasteiger charge is -2.47. The second kappa shape index (κ2) is 11.5. The van der Waals surface area contributed by atoms with E-state index in [1.165, 1.54) is 29.2 Å². The Kier molecular flexibility index (Phi) is 8.39. The van der Waals surface area contributed by atoms with Crippen molar-refractivity contribution < 1.29 is 23.5 Å². The number of nitrogens with zero attached hydrogens (tertiary/aromatic N) is 2. The zero-order chi connectivity index (χ0) is 29.5. The number of piperidine rings is 1. The van der Waals surface area contributed by atoms with E-state index in [1.807, 2.05) is 31.7 Å². The van der Waals surface area contributed by atoms with Crippen molar-refractivity contribution in [2.75, 3.05) is 26.2 Å². The van der Waals surface area contributed by atoms with Crippen LogP contribution in [-0.2, 0) is 9.59 Å². The third-order valence-corrected chi connectivity index (χ3v) is 9.66. The highest BCUT2D eigenvalue weighted by Crippen LogP contribution is 2.48. The molecule has 0 unspecified atom stereocenters. The van der Waals surface area contributed by atoms with Crippen LogP contribution >= 0.6 is 23.2 Å². The number of amides is 2. The van der Waals surface area contributed by atoms with Crippen LogP contribution in [-0.4, -0.2) is 65.3 Å². The molecule has 0 spiro atoms. The summed E-state index contributed by atoms with van der Waals surface area (Å²) in [7, 11) is 0. The van der Waals surface area contributed by atoms with Crippen LogP contribution in [0.4, 0.5) is 9.18 Å². The van der Waals surface area contributed by atoms with Crippen molar-refractivity contribution in [1.82, 2.24) is 15.1 Å². The van der Waals surface area contributed by atoms with Crippen molar-refractivity contribution in [1.29, 1.82) is 0 Å². The van der Waals surface area contributed by atoms with Crippen molar-refractivity contribution >= 4 is 41.0 Å². The first-order valence-electron chi connectivity index (χ1n) is 14.2. The summed E-state index contributed by atoms with van der Waals surface area (Å²) in [4.78, 5) is 45.1. The summed E-state index contributed by atoms with van der Waals surface area (Å²) in [6.45, 7) is 7.38. The highest BCUT2D eigenvalue weighted by molar-refractivity contribution is 6.42. The summed E-state index contributed by atoms with van der Waals surface area (Å²) in [5.41, 5.74) is -0.764. The molecule has 3 aliphatic rings. The van der Waals surface area contributed by atoms with Crippen LogP contribution < -0.4 is 10.1 Å². The molecule has 2 aromatic carbocycles. The van der Waals surface area contributed by atoms with Gasteiger partial charge in [-0.3, -0.25) is 14.5 Å². The molecule has 7 nitrogen and oxygen atoms in total. The maximum Gasteiger partial charge on any atom is 0.416 e. The molecule has 0 bridgehead atoms. The number of ketones is 1. The van der Waals surface area contributed by atoms with Gasteiger partial charge in [0.2, 0.25) is 5.91 Å². The largest absolute Gasteiger partial charge is 0.416 e. The van der Waals surface area contributed by atoms with Gasteiger partial charge in [-0.1, -0.05) is 36.2 Å². The van der Waals surface area contributed by atoms with E-state index in [-0.39, 0.29) is 35.3 Å². The van der Waals surface area contributed by atoms with Crippen LogP contribution in [0.2, 0.25) is 10.0 Å². The SMILES string of the molecule is CC(C)N(C(=O)Oc1ccc(F)cc1)[C@]1(C(=O)C2CCN(C(=O)C3(C)CC3)CC2)CNC[C@H]1c1ccc(Cl)c(Cl)c1. The Hall–Kier alpha value is -2.68. The van der Waals surface area contributed by atoms with Gasteiger partial charge in [0.05, 0.1) is 10.0 Å². The Morgan fingerprint density at radius 2 is 1.71 bits per heavy atom. The van der Waals surface area contributed by atoms with E-state index in [1.54, 1.807) is 12.1 Å². The molecule has 2 saturated heterocycles. The Balaban J connectivity index is 1.50. The van der Waals surface area contributed by atoms with Gasteiger partial charge in [-0.05, 0) is 81.5 Å². The molecule has 41 heavy (non-hydrogen) atoms. The van der Waals surface area contributed by atoms with E-state index < -0.39 is 29.4 Å². The van der Waals surface area contributed by atoms with Crippen molar-refractivity contribution in [3.63, 3.8) is 0 Å². The van der Waals surface area contributed by atoms with Crippen LogP contribution in [0.3, 0.4) is 0 Å². The quantitative estimate of drug-likeness (QED) is 0.415. The summed E-state index contributed by atoms with van der Waals surface area (Å²) in [6.07, 6.45) is 2.17. The first-order chi connectivity index (χ1) is 19.5. The highest BCUT2D eigenvalue weighted by atomic mass is 35.5. The molecular formula is C31H36Cl2FN3O4. The van der Waals surface area contributed by atoms with Crippen molar-refractivity contribution in [3.8, 4) is 5.75 Å². The molecule has 2 amide bonds. The van der Waals surface area contributed by atoms with E-state index in [9.17, 15) is 18.8 Å². The van der Waals surface area contributed by atoms with Crippen LogP contribution in [0.15, 0.2) is 42.5 Å². The number of nitrogens with one attached hydrogen (secondary N) is 1. The first kappa shape index (κ1) is 29.8. The van der Waals surface area contributed by atoms with Crippen LogP contribution in [0.5, 0.6) is 5.75 Å². The minimum atomic E-state index is -1.29. The van der Waals surface area contributed by atoms with Gasteiger partial charge in [-0.25, -0.2) is 9.18 Å². The number of likely N-dealkylation sites (tertiary alicyclic amines) is 1. The van der Waals surface area contributed by atoms with Crippen molar-refractivity contribution in [2.45, 2.75) is 64.0 Å². The number of ether oxygens (including phenoxy) is 1. The van der Waals surface area contributed by atoms with Gasteiger partial charge in [0.15, 0.2) is 5.78 Å². The van der Waals surface area contributed by atoms with Gasteiger partial charge in [0, 0.05) is 49.5 Å². The van der Waals surface area contributed by atoms with Gasteiger partial charge >= 0.3 is 6.09 Å². The average molecular weight is 605 g/mol. The number of rotatable bonds is 7. The number of Topliss-reactive ketones (excluding diaryl/α,β-unsaturated/α-hetero) is 1. The number of benzene rings is 2. The van der Waals surface area contributed by atoms with E-state index in [4.69, 9.17) is 27.9 Å². The zero-order valence-electron chi connectivity index (χ0n) is 23.6. The number of carbonyl (C=O) groups is 3. The van der Waals surface area contributed by atoms with E-state index in [0.29, 0.717) is 42.5 Å². The number of hydrogen-bond donors (Lipinski definition) is 1. The van der Waals surface area contributed by atoms with Crippen molar-refractivity contribution in [3.05, 3.63) is 63.9 Å². The molecular weight excluding hydrogens is 568 g/mol. The van der Waals surface area contributed by atoms with Crippen molar-refractivity contribution in [2.24, 2.45) is 11.3 Å². The molecule has 5 rings (SSSR count). The second-order valence-electron chi connectivity index (χ2n) is 12.1. The van der Waals surface area contributed by atoms with Gasteiger partial charge in [-0.2, -0.15) is 0 Å². The molecule has 2 heterocycles. The fourth-order valence-corrected chi connectivity index (χ4v) is 6.73. The molecule has 10 heteroatoms. The summed E-state index contributed by atoms with van der Waals surface area (Å²) >= 11 is 12.6. The second-order valence-corrected chi connectivity index (χ2v) is 12.9. The molecule has 2 aliphatic heterocycles. The number of hydrogen-bond acceptors (Lipinski definition) is 5. The Morgan fingerprint density at radius 1 is 1.05 bits per heavy atom. The predicted octanol–water partition coefficient (Wildman–Crippen LogP) is 6.08. The molecule has 1 aliphatic carbocycles. The van der Waals surface area contributed by atoms with Gasteiger partial charge in [-0.15, -0.1) is 0 Å². The van der Waals surface area contributed by atoms with Crippen LogP contribution in [0.25, 0.3) is 0 Å². The molecule has 1 saturated carbocycles. The van der Waals surface area contributed by atoms with E-state index in [0.717, 1.165) is 18.4 Å². The standard InChI is InChI=1S/C31H36Cl2FN3O4/c1-19(2)37(29(40)41-23-7-5-22(34)6-8-23)31(18-35-17-24(31)21-4-9-25(32)26(33)16-21)27(38)20-10-14-36(15-11-20)28(39)30(3)12-13-30/h4-9,16,19-20,24,35H,10-15,17-18H2,1-3H3/t24-,31+/m0/s1. The summed E-state index contributed by atoms with van der Waals surface area (Å²) in [5.74, 6) is -0.942. The fourth-order valence-electron chi connectivity index (χ4n) is 6.42. The lowest BCUT2D eigenvalue weighted by molar-refractivity contribution is -0.142. The topological polar surface area (TPSA) is 79.0 Å². The predicted molar refractivity (Wildman–Crippen MR) is 156 cm³/mol. The third-order valence-electron chi connectivity index (χ3n) is 8.92. The molecule has 2 aromatic rings. The smallest absolute Gasteiger partial charge is 0.410 e. The number of halogens is 3. The van der Waals surface area contributed by atoms with Crippen LogP contribution in [0.1, 0.15) is 57.9 Å². The van der Waals surface area contributed by atoms with E-state index >= 15 is 0 Å². The Labute approximate surface area is 250 Å². The maximum absolute atomic E-state index is 14.8. The Morgan fingerprint density at radius 3 is 2.29 bits per heavy atom. The molecule has 3 fully saturated rings. The molecule has 220 valence electrons. The fraction of sp³-hybridized carbons (Fsp3) is 0.516. The lowest BCUT2D eigenvalue weighted by atomic mass is 9.71. The first-order valence-corrected chi connectivity index (χ1v) is 15.0. The normalized spacial score (nSPS) is 23.9. The highest BCUT2D eigenvalue weighted by Gasteiger charge is 2.58. The molecule has 1 N–H and O–H groups in total. The minimum Gasteiger partial charge on any atom is -0.410 e. The Bertz CT molecular complexity index is 1330. The lowest BCUT2D eigenvalue weighted by Crippen LogP contribution is -2.66. The zero-order valence-corrected chi connectivity index (χ0v) is 25.1. The summed E-state index contributed by atoms with van der Waals surface area (Å²) < 4.78 is 19.3. The third kappa shape index (κ3) is 5.71. The van der Waals surface area contributed by atoms with Gasteiger partial charge in [0.1, 0.15) is 17.1 Å². The average Bonchev–Trinajstić information content (AvgIpc) is 3.56. The maximum atomic E-state index is 14.8. The minimum absolute atomic E-state index is 0.0620. The van der Waals surface area contributed by atoms with E-state index in [2.05, 4.69) is 5.32 Å². The van der Waals surface area contributed by atoms with Crippen LogP contribution in [0, 0.1) is 17.2 Å².